The Balaban J connectivity index is 2.45. The van der Waals surface area contributed by atoms with E-state index in [-0.39, 0.29) is 17.1 Å². The van der Waals surface area contributed by atoms with E-state index in [0.717, 1.165) is 0 Å². The van der Waals surface area contributed by atoms with E-state index in [1.807, 2.05) is 6.07 Å². The Hall–Kier alpha value is -2.48. The van der Waals surface area contributed by atoms with Crippen LogP contribution in [-0.2, 0) is 4.74 Å². The van der Waals surface area contributed by atoms with E-state index in [4.69, 9.17) is 14.4 Å². The van der Waals surface area contributed by atoms with Crippen LogP contribution < -0.4 is 0 Å². The molecule has 2 rings (SSSR count). The molecule has 1 heterocycles. The summed E-state index contributed by atoms with van der Waals surface area (Å²) in [6.07, 6.45) is 0. The Morgan fingerprint density at radius 3 is 2.63 bits per heavy atom. The highest BCUT2D eigenvalue weighted by molar-refractivity contribution is 5.94. The summed E-state index contributed by atoms with van der Waals surface area (Å²) in [5, 5.41) is 19.0. The van der Waals surface area contributed by atoms with Crippen molar-refractivity contribution in [3.63, 3.8) is 0 Å². The van der Waals surface area contributed by atoms with Gasteiger partial charge in [0.25, 0.3) is 0 Å². The predicted octanol–water partition coefficient (Wildman–Crippen LogP) is 2.97. The summed E-state index contributed by atoms with van der Waals surface area (Å²) in [4.78, 5) is 11.8. The molecule has 1 N–H and O–H groups in total. The lowest BCUT2D eigenvalue weighted by atomic mass is 10.1. The number of esters is 1. The molecule has 5 heteroatoms. The van der Waals surface area contributed by atoms with E-state index in [9.17, 15) is 9.90 Å². The lowest BCUT2D eigenvalue weighted by molar-refractivity contribution is 0.00382. The molecule has 2 aromatic rings. The van der Waals surface area contributed by atoms with Crippen LogP contribution in [0.25, 0.3) is 11.0 Å². The molecule has 0 unspecified atom stereocenters. The monoisotopic (exact) mass is 259 g/mol. The second-order valence-corrected chi connectivity index (χ2v) is 5.14. The minimum absolute atomic E-state index is 0.00434. The zero-order valence-corrected chi connectivity index (χ0v) is 10.9. The number of aromatic hydroxyl groups is 1. The highest BCUT2D eigenvalue weighted by atomic mass is 16.6. The molecule has 0 bridgehead atoms. The van der Waals surface area contributed by atoms with Crippen molar-refractivity contribution < 1.29 is 19.1 Å². The Labute approximate surface area is 110 Å². The number of carbonyl (C=O) groups excluding carboxylic acids is 1. The lowest BCUT2D eigenvalue weighted by Crippen LogP contribution is -2.23. The normalized spacial score (nSPS) is 11.3. The molecule has 0 fully saturated rings. The van der Waals surface area contributed by atoms with Gasteiger partial charge in [0.05, 0.1) is 11.6 Å². The summed E-state index contributed by atoms with van der Waals surface area (Å²) < 4.78 is 10.4. The van der Waals surface area contributed by atoms with E-state index in [1.54, 1.807) is 20.8 Å². The summed E-state index contributed by atoms with van der Waals surface area (Å²) in [5.74, 6) is -0.791. The van der Waals surface area contributed by atoms with E-state index in [2.05, 4.69) is 0 Å². The Kier molecular flexibility index (Phi) is 2.95. The fourth-order valence-electron chi connectivity index (χ4n) is 1.63. The van der Waals surface area contributed by atoms with Crippen molar-refractivity contribution in [2.24, 2.45) is 0 Å². The molecule has 19 heavy (non-hydrogen) atoms. The Bertz CT molecular complexity index is 686. The van der Waals surface area contributed by atoms with Crippen LogP contribution >= 0.6 is 0 Å². The second-order valence-electron chi connectivity index (χ2n) is 5.14. The predicted molar refractivity (Wildman–Crippen MR) is 67.8 cm³/mol. The second kappa shape index (κ2) is 4.32. The number of hydrogen-bond acceptors (Lipinski definition) is 5. The van der Waals surface area contributed by atoms with Gasteiger partial charge in [-0.3, -0.25) is 0 Å². The van der Waals surface area contributed by atoms with Gasteiger partial charge in [-0.2, -0.15) is 5.26 Å². The van der Waals surface area contributed by atoms with Gasteiger partial charge >= 0.3 is 5.97 Å². The number of carbonyl (C=O) groups is 1. The maximum Gasteiger partial charge on any atom is 0.374 e. The van der Waals surface area contributed by atoms with Crippen LogP contribution in [0.5, 0.6) is 5.75 Å². The molecule has 0 amide bonds. The van der Waals surface area contributed by atoms with E-state index in [1.165, 1.54) is 18.2 Å². The highest BCUT2D eigenvalue weighted by Crippen LogP contribution is 2.30. The van der Waals surface area contributed by atoms with Gasteiger partial charge in [0.1, 0.15) is 5.60 Å². The molecule has 0 aliphatic rings. The van der Waals surface area contributed by atoms with E-state index < -0.39 is 11.6 Å². The minimum atomic E-state index is -0.629. The zero-order valence-electron chi connectivity index (χ0n) is 10.9. The maximum absolute atomic E-state index is 11.8. The van der Waals surface area contributed by atoms with Crippen LogP contribution in [0, 0.1) is 11.3 Å². The molecule has 0 aliphatic heterocycles. The Morgan fingerprint density at radius 1 is 1.37 bits per heavy atom. The van der Waals surface area contributed by atoms with E-state index in [0.29, 0.717) is 10.9 Å². The number of furan rings is 1. The van der Waals surface area contributed by atoms with Gasteiger partial charge in [0.2, 0.25) is 5.76 Å². The van der Waals surface area contributed by atoms with Crippen molar-refractivity contribution in [3.8, 4) is 11.8 Å². The third-order valence-electron chi connectivity index (χ3n) is 2.33. The molecule has 0 saturated carbocycles. The van der Waals surface area contributed by atoms with Crippen molar-refractivity contribution in [3.05, 3.63) is 29.5 Å². The standard InChI is InChI=1S/C14H13NO4/c1-14(2,3)19-13(17)11-6-9-4-8(7-15)5-10(16)12(9)18-11/h4-6,16H,1-3H3. The van der Waals surface area contributed by atoms with Crippen LogP contribution in [0.1, 0.15) is 36.9 Å². The smallest absolute Gasteiger partial charge is 0.374 e. The van der Waals surface area contributed by atoms with Crippen molar-refractivity contribution in [2.45, 2.75) is 26.4 Å². The first-order chi connectivity index (χ1) is 8.80. The number of nitriles is 1. The van der Waals surface area contributed by atoms with Crippen molar-refractivity contribution >= 4 is 16.9 Å². The molecule has 5 nitrogen and oxygen atoms in total. The van der Waals surface area contributed by atoms with Gasteiger partial charge in [-0.05, 0) is 32.9 Å². The van der Waals surface area contributed by atoms with Crippen LogP contribution in [0.2, 0.25) is 0 Å². The van der Waals surface area contributed by atoms with Gasteiger partial charge in [-0.25, -0.2) is 4.79 Å². The summed E-state index contributed by atoms with van der Waals surface area (Å²) in [6.45, 7) is 5.25. The summed E-state index contributed by atoms with van der Waals surface area (Å²) in [7, 11) is 0. The van der Waals surface area contributed by atoms with Crippen LogP contribution in [-0.4, -0.2) is 16.7 Å². The number of fused-ring (bicyclic) bond motifs is 1. The van der Waals surface area contributed by atoms with Gasteiger partial charge < -0.3 is 14.3 Å². The maximum atomic E-state index is 11.8. The topological polar surface area (TPSA) is 83.5 Å². The molecular weight excluding hydrogens is 246 g/mol. The first kappa shape index (κ1) is 13.0. The quantitative estimate of drug-likeness (QED) is 0.796. The molecule has 0 radical (unpaired) electrons. The lowest BCUT2D eigenvalue weighted by Gasteiger charge is -2.18. The van der Waals surface area contributed by atoms with Crippen LogP contribution in [0.15, 0.2) is 22.6 Å². The zero-order chi connectivity index (χ0) is 14.2. The average Bonchev–Trinajstić information content (AvgIpc) is 2.71. The number of ether oxygens (including phenoxy) is 1. The fraction of sp³-hybridized carbons (Fsp3) is 0.286. The highest BCUT2D eigenvalue weighted by Gasteiger charge is 2.22. The summed E-state index contributed by atoms with van der Waals surface area (Å²) in [6, 6.07) is 6.18. The first-order valence-corrected chi connectivity index (χ1v) is 5.70. The van der Waals surface area contributed by atoms with Crippen molar-refractivity contribution in [2.75, 3.05) is 0 Å². The molecule has 0 saturated heterocycles. The number of hydrogen-bond donors (Lipinski definition) is 1. The van der Waals surface area contributed by atoms with Crippen molar-refractivity contribution in [1.82, 2.24) is 0 Å². The molecular formula is C14H13NO4. The first-order valence-electron chi connectivity index (χ1n) is 5.70. The van der Waals surface area contributed by atoms with Gasteiger partial charge in [0, 0.05) is 11.5 Å². The third kappa shape index (κ3) is 2.68. The molecule has 1 aromatic heterocycles. The van der Waals surface area contributed by atoms with Crippen LogP contribution in [0.3, 0.4) is 0 Å². The van der Waals surface area contributed by atoms with E-state index >= 15 is 0 Å². The van der Waals surface area contributed by atoms with Gasteiger partial charge in [-0.15, -0.1) is 0 Å². The molecule has 0 atom stereocenters. The molecule has 0 aliphatic carbocycles. The molecule has 98 valence electrons. The van der Waals surface area contributed by atoms with Gasteiger partial charge in [0.15, 0.2) is 11.3 Å². The SMILES string of the molecule is CC(C)(C)OC(=O)c1cc2cc(C#N)cc(O)c2o1. The number of rotatable bonds is 1. The number of benzene rings is 1. The fourth-order valence-corrected chi connectivity index (χ4v) is 1.63. The number of phenolic OH excluding ortho intramolecular Hbond substituents is 1. The Morgan fingerprint density at radius 2 is 2.05 bits per heavy atom. The van der Waals surface area contributed by atoms with Crippen LogP contribution in [0.4, 0.5) is 0 Å². The molecule has 1 aromatic carbocycles. The van der Waals surface area contributed by atoms with Gasteiger partial charge in [-0.1, -0.05) is 0 Å². The largest absolute Gasteiger partial charge is 0.504 e. The molecule has 0 spiro atoms. The summed E-state index contributed by atoms with van der Waals surface area (Å²) >= 11 is 0. The number of nitrogens with zero attached hydrogens (tertiary/aromatic N) is 1. The number of phenols is 1. The summed E-state index contributed by atoms with van der Waals surface area (Å²) in [5.41, 5.74) is -0.169. The van der Waals surface area contributed by atoms with Crippen molar-refractivity contribution in [1.29, 1.82) is 5.26 Å². The third-order valence-corrected chi connectivity index (χ3v) is 2.33. The minimum Gasteiger partial charge on any atom is -0.504 e. The average molecular weight is 259 g/mol.